The Morgan fingerprint density at radius 2 is 1.73 bits per heavy atom. The zero-order chi connectivity index (χ0) is 26.7. The Hall–Kier alpha value is -3.96. The zero-order valence-corrected chi connectivity index (χ0v) is 20.2. The van der Waals surface area contributed by atoms with Crippen molar-refractivity contribution in [3.05, 3.63) is 71.4 Å². The highest BCUT2D eigenvalue weighted by Gasteiger charge is 2.34. The third-order valence-electron chi connectivity index (χ3n) is 5.79. The van der Waals surface area contributed by atoms with Gasteiger partial charge in [-0.3, -0.25) is 4.39 Å². The summed E-state index contributed by atoms with van der Waals surface area (Å²) in [5, 5.41) is 0. The Morgan fingerprint density at radius 1 is 1.03 bits per heavy atom. The number of hydrogen-bond donors (Lipinski definition) is 0. The Bertz CT molecular complexity index is 1380. The summed E-state index contributed by atoms with van der Waals surface area (Å²) in [7, 11) is 3.49. The fourth-order valence-electron chi connectivity index (χ4n) is 3.90. The number of imidazole rings is 1. The number of ether oxygens (including phenoxy) is 1. The van der Waals surface area contributed by atoms with Crippen LogP contribution in [0.2, 0.25) is 0 Å². The van der Waals surface area contributed by atoms with Crippen LogP contribution in [0.1, 0.15) is 41.4 Å². The van der Waals surface area contributed by atoms with Gasteiger partial charge in [0.2, 0.25) is 5.88 Å². The molecule has 1 aliphatic carbocycles. The van der Waals surface area contributed by atoms with Crippen LogP contribution in [0.3, 0.4) is 0 Å². The van der Waals surface area contributed by atoms with Gasteiger partial charge in [-0.05, 0) is 18.4 Å². The summed E-state index contributed by atoms with van der Waals surface area (Å²) < 4.78 is 69.8. The van der Waals surface area contributed by atoms with Crippen molar-refractivity contribution in [3.63, 3.8) is 0 Å². The summed E-state index contributed by atoms with van der Waals surface area (Å²) in [4.78, 5) is 20.9. The van der Waals surface area contributed by atoms with Crippen molar-refractivity contribution in [1.29, 1.82) is 0 Å². The average molecular weight is 518 g/mol. The molecule has 0 radical (unpaired) electrons. The Kier molecular flexibility index (Phi) is 7.46. The molecule has 194 valence electrons. The van der Waals surface area contributed by atoms with E-state index in [4.69, 9.17) is 4.74 Å². The number of benzene rings is 1. The topological polar surface area (TPSA) is 78.6 Å². The third-order valence-corrected chi connectivity index (χ3v) is 5.79. The number of aromatic nitrogens is 6. The van der Waals surface area contributed by atoms with Crippen LogP contribution >= 0.6 is 0 Å². The number of rotatable bonds is 6. The minimum Gasteiger partial charge on any atom is -0.480 e. The lowest BCUT2D eigenvalue weighted by molar-refractivity contribution is -0.140. The summed E-state index contributed by atoms with van der Waals surface area (Å²) in [5.41, 5.74) is 1.79. The first-order valence-corrected chi connectivity index (χ1v) is 11.2. The summed E-state index contributed by atoms with van der Waals surface area (Å²) in [6.45, 7) is 0. The number of methoxy groups -OCH3 is 1. The quantitative estimate of drug-likeness (QED) is 0.311. The van der Waals surface area contributed by atoms with E-state index in [0.717, 1.165) is 36.5 Å². The summed E-state index contributed by atoms with van der Waals surface area (Å²) >= 11 is 0. The van der Waals surface area contributed by atoms with Crippen molar-refractivity contribution in [2.45, 2.75) is 31.4 Å². The van der Waals surface area contributed by atoms with Gasteiger partial charge in [0.25, 0.3) is 0 Å². The standard InChI is InChI=1S/C24H20F4N6O.CH3F/c1-34-11-18(24(26,27)28)33-22(34)15-5-3-13(4-6-15)9-17-16(25)10-29-21(32-17)19-20(14-7-8-14)30-12-31-23(19)35-2;1-2/h3-6,10-12,14H,7-9H2,1-2H3;1H3. The fraction of sp³-hybridized carbons (Fsp3) is 0.320. The molecule has 0 saturated heterocycles. The second kappa shape index (κ2) is 10.6. The lowest BCUT2D eigenvalue weighted by Gasteiger charge is -2.12. The highest BCUT2D eigenvalue weighted by Crippen LogP contribution is 2.44. The molecule has 3 heterocycles. The van der Waals surface area contributed by atoms with Crippen LogP contribution in [0.5, 0.6) is 5.88 Å². The van der Waals surface area contributed by atoms with E-state index in [1.54, 1.807) is 24.3 Å². The number of alkyl halides is 4. The summed E-state index contributed by atoms with van der Waals surface area (Å²) in [6.07, 6.45) is 1.11. The zero-order valence-electron chi connectivity index (χ0n) is 20.2. The maximum Gasteiger partial charge on any atom is 0.434 e. The third kappa shape index (κ3) is 5.57. The predicted molar refractivity (Wildman–Crippen MR) is 125 cm³/mol. The van der Waals surface area contributed by atoms with Gasteiger partial charge in [0.1, 0.15) is 17.7 Å². The molecule has 0 N–H and O–H groups in total. The molecule has 1 aromatic carbocycles. The van der Waals surface area contributed by atoms with Gasteiger partial charge >= 0.3 is 6.18 Å². The first-order valence-electron chi connectivity index (χ1n) is 11.2. The van der Waals surface area contributed by atoms with Gasteiger partial charge in [-0.1, -0.05) is 24.3 Å². The normalized spacial score (nSPS) is 13.2. The number of aryl methyl sites for hydroxylation is 1. The number of nitrogens with zero attached hydrogens (tertiary/aromatic N) is 6. The molecule has 0 atom stereocenters. The van der Waals surface area contributed by atoms with Crippen molar-refractivity contribution < 1.29 is 26.7 Å². The van der Waals surface area contributed by atoms with Crippen LogP contribution in [-0.4, -0.2) is 43.8 Å². The first-order chi connectivity index (χ1) is 17.7. The van der Waals surface area contributed by atoms with E-state index in [-0.39, 0.29) is 29.7 Å². The first kappa shape index (κ1) is 26.1. The van der Waals surface area contributed by atoms with Crippen LogP contribution in [0.4, 0.5) is 22.0 Å². The number of halogens is 5. The highest BCUT2D eigenvalue weighted by atomic mass is 19.4. The molecule has 1 aliphatic rings. The van der Waals surface area contributed by atoms with E-state index in [1.807, 2.05) is 0 Å². The van der Waals surface area contributed by atoms with Crippen LogP contribution in [0.15, 0.2) is 43.0 Å². The van der Waals surface area contributed by atoms with Crippen LogP contribution in [-0.2, 0) is 19.6 Å². The minimum atomic E-state index is -4.52. The van der Waals surface area contributed by atoms with Crippen LogP contribution < -0.4 is 4.74 Å². The van der Waals surface area contributed by atoms with Gasteiger partial charge in [0, 0.05) is 31.1 Å². The van der Waals surface area contributed by atoms with E-state index < -0.39 is 17.7 Å². The maximum absolute atomic E-state index is 14.6. The van der Waals surface area contributed by atoms with E-state index in [9.17, 15) is 22.0 Å². The van der Waals surface area contributed by atoms with Gasteiger partial charge in [0.05, 0.1) is 31.9 Å². The summed E-state index contributed by atoms with van der Waals surface area (Å²) in [6, 6.07) is 6.72. The molecule has 1 fully saturated rings. The molecule has 37 heavy (non-hydrogen) atoms. The van der Waals surface area contributed by atoms with Crippen LogP contribution in [0, 0.1) is 5.82 Å². The highest BCUT2D eigenvalue weighted by molar-refractivity contribution is 5.66. The molecule has 12 heteroatoms. The number of hydrogen-bond acceptors (Lipinski definition) is 6. The molecule has 0 bridgehead atoms. The monoisotopic (exact) mass is 518 g/mol. The minimum absolute atomic E-state index is 0.158. The predicted octanol–water partition coefficient (Wildman–Crippen LogP) is 5.55. The molecule has 4 aromatic rings. The lowest BCUT2D eigenvalue weighted by Crippen LogP contribution is -2.05. The molecule has 3 aromatic heterocycles. The Balaban J connectivity index is 0.00000156. The van der Waals surface area contributed by atoms with Gasteiger partial charge in [0.15, 0.2) is 17.3 Å². The second-order valence-corrected chi connectivity index (χ2v) is 8.34. The lowest BCUT2D eigenvalue weighted by atomic mass is 10.1. The molecule has 0 spiro atoms. The van der Waals surface area contributed by atoms with Gasteiger partial charge in [-0.25, -0.2) is 29.3 Å². The molecule has 7 nitrogen and oxygen atoms in total. The largest absolute Gasteiger partial charge is 0.480 e. The molecular formula is C25H23F5N6O. The van der Waals surface area contributed by atoms with E-state index in [2.05, 4.69) is 24.9 Å². The van der Waals surface area contributed by atoms with Crippen molar-refractivity contribution in [2.75, 3.05) is 14.3 Å². The Morgan fingerprint density at radius 3 is 2.32 bits per heavy atom. The summed E-state index contributed by atoms with van der Waals surface area (Å²) in [5.74, 6) is 0.501. The molecule has 0 amide bonds. The van der Waals surface area contributed by atoms with Crippen molar-refractivity contribution in [1.82, 2.24) is 29.5 Å². The molecular weight excluding hydrogens is 495 g/mol. The molecule has 5 rings (SSSR count). The van der Waals surface area contributed by atoms with Gasteiger partial charge in [-0.2, -0.15) is 13.2 Å². The maximum atomic E-state index is 14.6. The van der Waals surface area contributed by atoms with Gasteiger partial charge < -0.3 is 9.30 Å². The fourth-order valence-corrected chi connectivity index (χ4v) is 3.90. The molecule has 0 aliphatic heterocycles. The van der Waals surface area contributed by atoms with E-state index in [0.29, 0.717) is 24.2 Å². The smallest absolute Gasteiger partial charge is 0.434 e. The Labute approximate surface area is 209 Å². The average Bonchev–Trinajstić information content (AvgIpc) is 3.67. The van der Waals surface area contributed by atoms with Crippen molar-refractivity contribution in [3.8, 4) is 28.7 Å². The van der Waals surface area contributed by atoms with Gasteiger partial charge in [-0.15, -0.1) is 0 Å². The van der Waals surface area contributed by atoms with Crippen LogP contribution in [0.25, 0.3) is 22.8 Å². The van der Waals surface area contributed by atoms with Crippen molar-refractivity contribution >= 4 is 0 Å². The van der Waals surface area contributed by atoms with E-state index in [1.165, 1.54) is 25.1 Å². The SMILES string of the molecule is CF.COc1ncnc(C2CC2)c1-c1ncc(F)c(Cc2ccc(-c3nc(C(F)(F)F)cn3C)cc2)n1. The molecule has 1 saturated carbocycles. The van der Waals surface area contributed by atoms with Crippen molar-refractivity contribution in [2.24, 2.45) is 7.05 Å². The second-order valence-electron chi connectivity index (χ2n) is 8.34. The van der Waals surface area contributed by atoms with E-state index >= 15 is 0 Å². The molecule has 0 unspecified atom stereocenters.